The predicted octanol–water partition coefficient (Wildman–Crippen LogP) is 4.90. The molecule has 0 aromatic rings. The van der Waals surface area contributed by atoms with Gasteiger partial charge in [-0.25, -0.2) is 0 Å². The number of allylic oxidation sites excluding steroid dienone is 11. The largest absolute Gasteiger partial charge is 0.0991 e. The van der Waals surface area contributed by atoms with Gasteiger partial charge in [-0.3, -0.25) is 0 Å². The Labute approximate surface area is 99.1 Å². The molecule has 0 radical (unpaired) electrons. The zero-order valence-corrected chi connectivity index (χ0v) is 10.5. The molecule has 0 unspecified atom stereocenters. The highest BCUT2D eigenvalue weighted by atomic mass is 14.1. The van der Waals surface area contributed by atoms with Crippen LogP contribution in [0.25, 0.3) is 0 Å². The van der Waals surface area contributed by atoms with Crippen molar-refractivity contribution in [1.29, 1.82) is 0 Å². The Kier molecular flexibility index (Phi) is 4.78. The zero-order chi connectivity index (χ0) is 12.0. The van der Waals surface area contributed by atoms with Gasteiger partial charge in [0, 0.05) is 0 Å². The van der Waals surface area contributed by atoms with Crippen molar-refractivity contribution >= 4 is 0 Å². The van der Waals surface area contributed by atoms with Crippen LogP contribution < -0.4 is 0 Å². The van der Waals surface area contributed by atoms with E-state index < -0.39 is 0 Å². The molecule has 0 nitrogen and oxygen atoms in total. The second-order valence-corrected chi connectivity index (χ2v) is 4.15. The van der Waals surface area contributed by atoms with Gasteiger partial charge in [-0.05, 0) is 43.9 Å². The molecule has 0 atom stereocenters. The molecule has 1 aliphatic carbocycles. The molecule has 0 saturated carbocycles. The van der Waals surface area contributed by atoms with Crippen molar-refractivity contribution in [3.63, 3.8) is 0 Å². The lowest BCUT2D eigenvalue weighted by atomic mass is 9.96. The molecular weight excluding hydrogens is 192 g/mol. The standard InChI is InChI=1S/C16H20/c1-5-6-11-15(13(2)3)16-12-9-7-8-10-14(16)4/h5-6,8-12H,1,7H2,2-4H3/b11-6-. The summed E-state index contributed by atoms with van der Waals surface area (Å²) in [5, 5.41) is 0. The molecule has 0 heteroatoms. The van der Waals surface area contributed by atoms with Gasteiger partial charge < -0.3 is 0 Å². The quantitative estimate of drug-likeness (QED) is 0.584. The first-order valence-electron chi connectivity index (χ1n) is 5.67. The third-order valence-corrected chi connectivity index (χ3v) is 2.58. The minimum absolute atomic E-state index is 1.02. The summed E-state index contributed by atoms with van der Waals surface area (Å²) in [6.07, 6.45) is 15.8. The van der Waals surface area contributed by atoms with E-state index in [4.69, 9.17) is 0 Å². The van der Waals surface area contributed by atoms with E-state index in [1.165, 1.54) is 22.3 Å². The molecule has 0 fully saturated rings. The Morgan fingerprint density at radius 1 is 1.25 bits per heavy atom. The van der Waals surface area contributed by atoms with Gasteiger partial charge >= 0.3 is 0 Å². The first-order valence-corrected chi connectivity index (χ1v) is 5.67. The van der Waals surface area contributed by atoms with Gasteiger partial charge in [0.1, 0.15) is 0 Å². The molecule has 0 bridgehead atoms. The fourth-order valence-corrected chi connectivity index (χ4v) is 1.72. The van der Waals surface area contributed by atoms with Gasteiger partial charge in [0.15, 0.2) is 0 Å². The summed E-state index contributed by atoms with van der Waals surface area (Å²) in [6.45, 7) is 10.2. The monoisotopic (exact) mass is 212 g/mol. The Morgan fingerprint density at radius 2 is 1.94 bits per heavy atom. The van der Waals surface area contributed by atoms with E-state index in [0.29, 0.717) is 0 Å². The van der Waals surface area contributed by atoms with E-state index in [1.54, 1.807) is 0 Å². The summed E-state index contributed by atoms with van der Waals surface area (Å²) in [4.78, 5) is 0. The van der Waals surface area contributed by atoms with Gasteiger partial charge in [-0.2, -0.15) is 0 Å². The summed E-state index contributed by atoms with van der Waals surface area (Å²) in [6, 6.07) is 0. The van der Waals surface area contributed by atoms with Crippen molar-refractivity contribution in [3.05, 3.63) is 71.4 Å². The fraction of sp³-hybridized carbons (Fsp3) is 0.250. The molecule has 0 heterocycles. The second-order valence-electron chi connectivity index (χ2n) is 4.15. The first kappa shape index (κ1) is 12.5. The van der Waals surface area contributed by atoms with Gasteiger partial charge in [0.25, 0.3) is 0 Å². The van der Waals surface area contributed by atoms with E-state index in [1.807, 2.05) is 12.2 Å². The normalized spacial score (nSPS) is 15.4. The average molecular weight is 212 g/mol. The minimum atomic E-state index is 1.02. The third-order valence-electron chi connectivity index (χ3n) is 2.58. The van der Waals surface area contributed by atoms with Gasteiger partial charge in [0.2, 0.25) is 0 Å². The van der Waals surface area contributed by atoms with E-state index in [2.05, 4.69) is 57.7 Å². The maximum Gasteiger partial charge on any atom is -0.0159 e. The second kappa shape index (κ2) is 6.12. The van der Waals surface area contributed by atoms with Crippen LogP contribution in [0.15, 0.2) is 71.4 Å². The maximum absolute atomic E-state index is 3.72. The van der Waals surface area contributed by atoms with Crippen molar-refractivity contribution in [3.8, 4) is 0 Å². The Morgan fingerprint density at radius 3 is 2.56 bits per heavy atom. The smallest absolute Gasteiger partial charge is 0.0159 e. The minimum Gasteiger partial charge on any atom is -0.0991 e. The molecule has 0 amide bonds. The van der Waals surface area contributed by atoms with Crippen LogP contribution in [-0.4, -0.2) is 0 Å². The van der Waals surface area contributed by atoms with Crippen molar-refractivity contribution in [2.24, 2.45) is 0 Å². The average Bonchev–Trinajstić information content (AvgIpc) is 2.44. The summed E-state index contributed by atoms with van der Waals surface area (Å²) < 4.78 is 0. The Hall–Kier alpha value is -1.56. The first-order chi connectivity index (χ1) is 7.66. The van der Waals surface area contributed by atoms with E-state index in [9.17, 15) is 0 Å². The van der Waals surface area contributed by atoms with Gasteiger partial charge in [-0.1, -0.05) is 54.7 Å². The number of hydrogen-bond donors (Lipinski definition) is 0. The van der Waals surface area contributed by atoms with Crippen LogP contribution in [0.5, 0.6) is 0 Å². The van der Waals surface area contributed by atoms with Crippen LogP contribution >= 0.6 is 0 Å². The fourth-order valence-electron chi connectivity index (χ4n) is 1.72. The number of rotatable bonds is 3. The summed E-state index contributed by atoms with van der Waals surface area (Å²) in [7, 11) is 0. The number of hydrogen-bond acceptors (Lipinski definition) is 0. The molecule has 0 spiro atoms. The molecule has 0 N–H and O–H groups in total. The topological polar surface area (TPSA) is 0 Å². The van der Waals surface area contributed by atoms with Crippen molar-refractivity contribution in [1.82, 2.24) is 0 Å². The van der Waals surface area contributed by atoms with Gasteiger partial charge in [0.05, 0.1) is 0 Å². The molecule has 1 rings (SSSR count). The molecular formula is C16H20. The summed E-state index contributed by atoms with van der Waals surface area (Å²) in [5.41, 5.74) is 5.25. The lowest BCUT2D eigenvalue weighted by Gasteiger charge is -2.09. The molecule has 84 valence electrons. The highest BCUT2D eigenvalue weighted by Crippen LogP contribution is 2.24. The SMILES string of the molecule is C=C/C=C\C(=C(C)C)C1=C(C)C=CCC=C1. The molecule has 0 aromatic heterocycles. The molecule has 0 saturated heterocycles. The Bertz CT molecular complexity index is 405. The van der Waals surface area contributed by atoms with Crippen molar-refractivity contribution in [2.75, 3.05) is 0 Å². The van der Waals surface area contributed by atoms with Crippen molar-refractivity contribution in [2.45, 2.75) is 27.2 Å². The molecule has 0 aliphatic heterocycles. The van der Waals surface area contributed by atoms with Crippen LogP contribution in [0.4, 0.5) is 0 Å². The van der Waals surface area contributed by atoms with Crippen LogP contribution in [0, 0.1) is 0 Å². The van der Waals surface area contributed by atoms with E-state index >= 15 is 0 Å². The van der Waals surface area contributed by atoms with Gasteiger partial charge in [-0.15, -0.1) is 0 Å². The highest BCUT2D eigenvalue weighted by Gasteiger charge is 2.04. The van der Waals surface area contributed by atoms with Crippen LogP contribution in [-0.2, 0) is 0 Å². The lowest BCUT2D eigenvalue weighted by molar-refractivity contribution is 1.29. The van der Waals surface area contributed by atoms with Crippen LogP contribution in [0.3, 0.4) is 0 Å². The third kappa shape index (κ3) is 3.23. The summed E-state index contributed by atoms with van der Waals surface area (Å²) >= 11 is 0. The highest BCUT2D eigenvalue weighted by molar-refractivity contribution is 5.54. The zero-order valence-electron chi connectivity index (χ0n) is 10.5. The Balaban J connectivity index is 3.23. The molecule has 16 heavy (non-hydrogen) atoms. The molecule has 1 aliphatic rings. The summed E-state index contributed by atoms with van der Waals surface area (Å²) in [5.74, 6) is 0. The van der Waals surface area contributed by atoms with Crippen LogP contribution in [0.1, 0.15) is 27.2 Å². The molecule has 0 aromatic carbocycles. The predicted molar refractivity (Wildman–Crippen MR) is 73.3 cm³/mol. The lowest BCUT2D eigenvalue weighted by Crippen LogP contribution is -1.89. The van der Waals surface area contributed by atoms with E-state index in [-0.39, 0.29) is 0 Å². The van der Waals surface area contributed by atoms with Crippen molar-refractivity contribution < 1.29 is 0 Å². The van der Waals surface area contributed by atoms with Crippen LogP contribution in [0.2, 0.25) is 0 Å². The maximum atomic E-state index is 3.72. The van der Waals surface area contributed by atoms with E-state index in [0.717, 1.165) is 6.42 Å².